The van der Waals surface area contributed by atoms with Crippen LogP contribution in [0.15, 0.2) is 12.1 Å². The second-order valence-electron chi connectivity index (χ2n) is 5.23. The summed E-state index contributed by atoms with van der Waals surface area (Å²) in [6.07, 6.45) is 0.0126. The number of aryl methyl sites for hydroxylation is 1. The average Bonchev–Trinajstić information content (AvgIpc) is 2.96. The van der Waals surface area contributed by atoms with E-state index in [1.54, 1.807) is 11.3 Å². The molecular formula is C14H23N3O2S. The molecule has 0 aliphatic carbocycles. The van der Waals surface area contributed by atoms with Crippen LogP contribution in [0.2, 0.25) is 0 Å². The molecule has 0 saturated carbocycles. The van der Waals surface area contributed by atoms with Gasteiger partial charge in [-0.3, -0.25) is 10.1 Å². The molecule has 2 heterocycles. The number of likely N-dealkylation sites (N-methyl/N-ethyl adjacent to an activating group) is 1. The minimum absolute atomic E-state index is 0.0126. The van der Waals surface area contributed by atoms with Gasteiger partial charge in [0, 0.05) is 22.8 Å². The highest BCUT2D eigenvalue weighted by Crippen LogP contribution is 2.28. The maximum absolute atomic E-state index is 11.9. The molecule has 2 rings (SSSR count). The summed E-state index contributed by atoms with van der Waals surface area (Å²) in [7, 11) is 4.04. The van der Waals surface area contributed by atoms with Crippen molar-refractivity contribution >= 4 is 17.2 Å². The summed E-state index contributed by atoms with van der Waals surface area (Å²) in [6, 6.07) is 4.19. The molecule has 1 saturated heterocycles. The molecule has 6 heteroatoms. The number of ether oxygens (including phenoxy) is 1. The van der Waals surface area contributed by atoms with Crippen LogP contribution in [0.5, 0.6) is 0 Å². The van der Waals surface area contributed by atoms with Gasteiger partial charge in [-0.1, -0.05) is 0 Å². The van der Waals surface area contributed by atoms with Crippen LogP contribution in [0.1, 0.15) is 15.9 Å². The average molecular weight is 297 g/mol. The van der Waals surface area contributed by atoms with Crippen molar-refractivity contribution in [1.82, 2.24) is 15.1 Å². The van der Waals surface area contributed by atoms with Crippen molar-refractivity contribution in [2.75, 3.05) is 46.9 Å². The first-order valence-electron chi connectivity index (χ1n) is 6.89. The fourth-order valence-electron chi connectivity index (χ4n) is 2.16. The van der Waals surface area contributed by atoms with E-state index in [1.165, 1.54) is 9.75 Å². The van der Waals surface area contributed by atoms with Crippen molar-refractivity contribution in [2.24, 2.45) is 0 Å². The lowest BCUT2D eigenvalue weighted by Crippen LogP contribution is -2.33. The van der Waals surface area contributed by atoms with Crippen molar-refractivity contribution in [1.29, 1.82) is 0 Å². The van der Waals surface area contributed by atoms with Crippen LogP contribution in [0.3, 0.4) is 0 Å². The van der Waals surface area contributed by atoms with Gasteiger partial charge in [0.05, 0.1) is 19.8 Å². The topological polar surface area (TPSA) is 44.8 Å². The molecule has 112 valence electrons. The Morgan fingerprint density at radius 2 is 2.25 bits per heavy atom. The van der Waals surface area contributed by atoms with Gasteiger partial charge in [-0.05, 0) is 33.2 Å². The van der Waals surface area contributed by atoms with Crippen molar-refractivity contribution in [3.05, 3.63) is 21.9 Å². The van der Waals surface area contributed by atoms with Crippen LogP contribution >= 0.6 is 11.3 Å². The summed E-state index contributed by atoms with van der Waals surface area (Å²) < 4.78 is 5.58. The minimum Gasteiger partial charge on any atom is -0.378 e. The van der Waals surface area contributed by atoms with Gasteiger partial charge in [0.15, 0.2) is 0 Å². The summed E-state index contributed by atoms with van der Waals surface area (Å²) in [5.74, 6) is 0.150. The van der Waals surface area contributed by atoms with Gasteiger partial charge in [0.2, 0.25) is 5.91 Å². The quantitative estimate of drug-likeness (QED) is 0.765. The number of rotatable bonds is 7. The number of nitrogens with one attached hydrogen (secondary N) is 1. The van der Waals surface area contributed by atoms with Crippen LogP contribution in [0.4, 0.5) is 0 Å². The zero-order chi connectivity index (χ0) is 14.5. The highest BCUT2D eigenvalue weighted by atomic mass is 32.1. The van der Waals surface area contributed by atoms with Crippen LogP contribution in [-0.4, -0.2) is 62.7 Å². The number of nitrogens with zero attached hydrogens (tertiary/aromatic N) is 2. The standard InChI is InChI=1S/C14H23N3O2S/c1-11-4-5-12(20-11)14-15-10-13(18)17(14)7-9-19-8-6-16(2)3/h4-5,14-15H,6-10H2,1-3H3. The van der Waals surface area contributed by atoms with Crippen LogP contribution in [0.25, 0.3) is 0 Å². The van der Waals surface area contributed by atoms with E-state index in [2.05, 4.69) is 29.3 Å². The number of carbonyl (C=O) groups excluding carboxylic acids is 1. The van der Waals surface area contributed by atoms with Crippen molar-refractivity contribution < 1.29 is 9.53 Å². The molecule has 1 aliphatic heterocycles. The maximum atomic E-state index is 11.9. The molecule has 1 fully saturated rings. The third kappa shape index (κ3) is 4.02. The Labute approximate surface area is 124 Å². The van der Waals surface area contributed by atoms with E-state index in [1.807, 2.05) is 19.0 Å². The van der Waals surface area contributed by atoms with E-state index < -0.39 is 0 Å². The largest absolute Gasteiger partial charge is 0.378 e. The van der Waals surface area contributed by atoms with Gasteiger partial charge in [-0.2, -0.15) is 0 Å². The number of thiophene rings is 1. The Morgan fingerprint density at radius 1 is 1.45 bits per heavy atom. The molecule has 0 bridgehead atoms. The molecule has 1 N–H and O–H groups in total. The van der Waals surface area contributed by atoms with Gasteiger partial charge in [0.25, 0.3) is 0 Å². The minimum atomic E-state index is 0.0126. The fraction of sp³-hybridized carbons (Fsp3) is 0.643. The van der Waals surface area contributed by atoms with Gasteiger partial charge >= 0.3 is 0 Å². The predicted octanol–water partition coefficient (Wildman–Crippen LogP) is 1.07. The zero-order valence-electron chi connectivity index (χ0n) is 12.4. The molecule has 1 amide bonds. The van der Waals surface area contributed by atoms with E-state index in [0.717, 1.165) is 6.54 Å². The number of hydrogen-bond donors (Lipinski definition) is 1. The number of amides is 1. The van der Waals surface area contributed by atoms with Gasteiger partial charge in [-0.25, -0.2) is 0 Å². The molecule has 1 aromatic heterocycles. The summed E-state index contributed by atoms with van der Waals surface area (Å²) in [5, 5.41) is 3.27. The zero-order valence-corrected chi connectivity index (χ0v) is 13.2. The normalized spacial score (nSPS) is 19.3. The molecule has 20 heavy (non-hydrogen) atoms. The summed E-state index contributed by atoms with van der Waals surface area (Å²) in [4.78, 5) is 18.4. The Hall–Kier alpha value is -0.950. The van der Waals surface area contributed by atoms with E-state index in [9.17, 15) is 4.79 Å². The Bertz CT molecular complexity index is 447. The Morgan fingerprint density at radius 3 is 2.90 bits per heavy atom. The maximum Gasteiger partial charge on any atom is 0.238 e. The second-order valence-corrected chi connectivity index (χ2v) is 6.55. The first-order valence-corrected chi connectivity index (χ1v) is 7.71. The molecular weight excluding hydrogens is 274 g/mol. The van der Waals surface area contributed by atoms with E-state index in [0.29, 0.717) is 26.3 Å². The first-order chi connectivity index (χ1) is 9.58. The Balaban J connectivity index is 1.83. The van der Waals surface area contributed by atoms with Crippen LogP contribution < -0.4 is 5.32 Å². The summed E-state index contributed by atoms with van der Waals surface area (Å²) >= 11 is 1.73. The molecule has 0 spiro atoms. The molecule has 1 aliphatic rings. The molecule has 1 atom stereocenters. The van der Waals surface area contributed by atoms with Crippen LogP contribution in [-0.2, 0) is 9.53 Å². The second kappa shape index (κ2) is 7.17. The van der Waals surface area contributed by atoms with Crippen molar-refractivity contribution in [2.45, 2.75) is 13.1 Å². The lowest BCUT2D eigenvalue weighted by molar-refractivity contribution is -0.128. The number of carbonyl (C=O) groups is 1. The highest BCUT2D eigenvalue weighted by molar-refractivity contribution is 7.12. The predicted molar refractivity (Wildman–Crippen MR) is 80.9 cm³/mol. The molecule has 0 radical (unpaired) electrons. The monoisotopic (exact) mass is 297 g/mol. The fourth-order valence-corrected chi connectivity index (χ4v) is 3.13. The molecule has 1 aromatic rings. The van der Waals surface area contributed by atoms with Crippen molar-refractivity contribution in [3.63, 3.8) is 0 Å². The number of hydrogen-bond acceptors (Lipinski definition) is 5. The van der Waals surface area contributed by atoms with E-state index in [-0.39, 0.29) is 12.1 Å². The van der Waals surface area contributed by atoms with Gasteiger partial charge in [0.1, 0.15) is 6.17 Å². The molecule has 1 unspecified atom stereocenters. The van der Waals surface area contributed by atoms with Crippen LogP contribution in [0, 0.1) is 6.92 Å². The summed E-state index contributed by atoms with van der Waals surface area (Å²) in [6.45, 7) is 5.33. The van der Waals surface area contributed by atoms with Crippen molar-refractivity contribution in [3.8, 4) is 0 Å². The first kappa shape index (κ1) is 15.4. The van der Waals surface area contributed by atoms with E-state index in [4.69, 9.17) is 4.74 Å². The highest BCUT2D eigenvalue weighted by Gasteiger charge is 2.31. The summed E-state index contributed by atoms with van der Waals surface area (Å²) in [5.41, 5.74) is 0. The van der Waals surface area contributed by atoms with Gasteiger partial charge < -0.3 is 14.5 Å². The smallest absolute Gasteiger partial charge is 0.238 e. The lowest BCUT2D eigenvalue weighted by atomic mass is 10.3. The third-order valence-electron chi connectivity index (χ3n) is 3.27. The van der Waals surface area contributed by atoms with E-state index >= 15 is 0 Å². The lowest BCUT2D eigenvalue weighted by Gasteiger charge is -2.23. The van der Waals surface area contributed by atoms with Gasteiger partial charge in [-0.15, -0.1) is 11.3 Å². The molecule has 5 nitrogen and oxygen atoms in total. The SMILES string of the molecule is Cc1ccc(C2NCC(=O)N2CCOCCN(C)C)s1. The Kier molecular flexibility index (Phi) is 5.54. The third-order valence-corrected chi connectivity index (χ3v) is 4.32. The molecule has 0 aromatic carbocycles.